The summed E-state index contributed by atoms with van der Waals surface area (Å²) in [4.78, 5) is 0. The maximum absolute atomic E-state index is 5.82. The number of hydrogen-bond donors (Lipinski definition) is 0. The maximum atomic E-state index is 5.82. The van der Waals surface area contributed by atoms with Crippen LogP contribution in [0.15, 0.2) is 24.3 Å². The molecule has 0 aliphatic carbocycles. The lowest BCUT2D eigenvalue weighted by molar-refractivity contribution is 0.305. The van der Waals surface area contributed by atoms with Crippen LogP contribution < -0.4 is 4.74 Å². The molecule has 0 saturated carbocycles. The van der Waals surface area contributed by atoms with Crippen molar-refractivity contribution in [3.8, 4) is 5.75 Å². The van der Waals surface area contributed by atoms with Crippen molar-refractivity contribution in [2.24, 2.45) is 0 Å². The summed E-state index contributed by atoms with van der Waals surface area (Å²) in [6.45, 7) is 7.55. The molecule has 124 valence electrons. The van der Waals surface area contributed by atoms with Gasteiger partial charge >= 0.3 is 0 Å². The van der Waals surface area contributed by atoms with Crippen LogP contribution in [0.25, 0.3) is 0 Å². The van der Waals surface area contributed by atoms with Gasteiger partial charge in [0.2, 0.25) is 0 Å². The second-order valence-electron chi connectivity index (χ2n) is 6.44. The first-order valence-corrected chi connectivity index (χ1v) is 9.16. The number of epoxide rings is 1. The van der Waals surface area contributed by atoms with Gasteiger partial charge in [-0.05, 0) is 49.3 Å². The molecule has 0 spiro atoms. The first-order valence-electron chi connectivity index (χ1n) is 9.16. The van der Waals surface area contributed by atoms with E-state index in [-0.39, 0.29) is 0 Å². The van der Waals surface area contributed by atoms with Gasteiger partial charge in [0, 0.05) is 0 Å². The molecule has 1 aliphatic heterocycles. The highest BCUT2D eigenvalue weighted by Crippen LogP contribution is 2.36. The average molecular weight is 304 g/mol. The van der Waals surface area contributed by atoms with Gasteiger partial charge < -0.3 is 9.47 Å². The van der Waals surface area contributed by atoms with Gasteiger partial charge in [-0.1, -0.05) is 52.2 Å². The molecule has 2 heteroatoms. The summed E-state index contributed by atoms with van der Waals surface area (Å²) in [6.07, 6.45) is 9.49. The first kappa shape index (κ1) is 17.3. The van der Waals surface area contributed by atoms with E-state index in [1.165, 1.54) is 31.2 Å². The van der Waals surface area contributed by atoms with Crippen LogP contribution in [0.2, 0.25) is 0 Å². The summed E-state index contributed by atoms with van der Waals surface area (Å²) in [5, 5.41) is 0. The Morgan fingerprint density at radius 1 is 1.00 bits per heavy atom. The number of benzene rings is 1. The summed E-state index contributed by atoms with van der Waals surface area (Å²) in [5.74, 6) is 1.62. The van der Waals surface area contributed by atoms with Crippen molar-refractivity contribution >= 4 is 0 Å². The quantitative estimate of drug-likeness (QED) is 0.386. The number of unbranched alkanes of at least 4 members (excludes halogenated alkanes) is 3. The monoisotopic (exact) mass is 304 g/mol. The van der Waals surface area contributed by atoms with Gasteiger partial charge in [0.1, 0.15) is 5.75 Å². The Hall–Kier alpha value is -1.02. The largest absolute Gasteiger partial charge is 0.494 e. The standard InChI is InChI=1S/C20H32O2/c1-4-7-8-9-14-21-18-12-10-17(11-13-18)16(5-2)15-20-19(6-3)22-20/h10-13,16,19-20H,4-9,14-15H2,1-3H3. The van der Waals surface area contributed by atoms with E-state index in [0.717, 1.165) is 31.6 Å². The molecule has 3 unspecified atom stereocenters. The molecule has 22 heavy (non-hydrogen) atoms. The summed E-state index contributed by atoms with van der Waals surface area (Å²) < 4.78 is 11.5. The molecule has 1 aromatic carbocycles. The van der Waals surface area contributed by atoms with Crippen LogP contribution in [0.3, 0.4) is 0 Å². The molecular formula is C20H32O2. The molecule has 2 nitrogen and oxygen atoms in total. The van der Waals surface area contributed by atoms with Crippen molar-refractivity contribution < 1.29 is 9.47 Å². The fourth-order valence-electron chi connectivity index (χ4n) is 3.12. The fraction of sp³-hybridized carbons (Fsp3) is 0.700. The van der Waals surface area contributed by atoms with E-state index in [4.69, 9.17) is 9.47 Å². The van der Waals surface area contributed by atoms with Crippen molar-refractivity contribution in [1.82, 2.24) is 0 Å². The molecule has 0 amide bonds. The van der Waals surface area contributed by atoms with E-state index < -0.39 is 0 Å². The Morgan fingerprint density at radius 3 is 2.36 bits per heavy atom. The Labute approximate surface area is 136 Å². The molecular weight excluding hydrogens is 272 g/mol. The summed E-state index contributed by atoms with van der Waals surface area (Å²) in [5.41, 5.74) is 1.42. The van der Waals surface area contributed by atoms with E-state index in [1.807, 2.05) is 0 Å². The zero-order valence-corrected chi connectivity index (χ0v) is 14.5. The van der Waals surface area contributed by atoms with E-state index in [0.29, 0.717) is 18.1 Å². The van der Waals surface area contributed by atoms with Crippen LogP contribution in [-0.2, 0) is 4.74 Å². The fourth-order valence-corrected chi connectivity index (χ4v) is 3.12. The molecule has 1 fully saturated rings. The minimum absolute atomic E-state index is 0.490. The van der Waals surface area contributed by atoms with E-state index in [1.54, 1.807) is 0 Å². The molecule has 2 rings (SSSR count). The Kier molecular flexibility index (Phi) is 7.24. The smallest absolute Gasteiger partial charge is 0.119 e. The van der Waals surface area contributed by atoms with Crippen LogP contribution in [0.4, 0.5) is 0 Å². The maximum Gasteiger partial charge on any atom is 0.119 e. The van der Waals surface area contributed by atoms with Gasteiger partial charge in [-0.3, -0.25) is 0 Å². The number of hydrogen-bond acceptors (Lipinski definition) is 2. The Morgan fingerprint density at radius 2 is 1.77 bits per heavy atom. The molecule has 1 heterocycles. The average Bonchev–Trinajstić information content (AvgIpc) is 3.31. The lowest BCUT2D eigenvalue weighted by Crippen LogP contribution is -2.04. The van der Waals surface area contributed by atoms with Crippen molar-refractivity contribution in [2.45, 2.75) is 83.8 Å². The minimum atomic E-state index is 0.490. The highest BCUT2D eigenvalue weighted by atomic mass is 16.6. The second-order valence-corrected chi connectivity index (χ2v) is 6.44. The third-order valence-corrected chi connectivity index (χ3v) is 4.72. The summed E-state index contributed by atoms with van der Waals surface area (Å²) >= 11 is 0. The second kappa shape index (κ2) is 9.19. The van der Waals surface area contributed by atoms with E-state index in [9.17, 15) is 0 Å². The lowest BCUT2D eigenvalue weighted by Gasteiger charge is -2.15. The topological polar surface area (TPSA) is 21.8 Å². The zero-order valence-electron chi connectivity index (χ0n) is 14.5. The van der Waals surface area contributed by atoms with Crippen molar-refractivity contribution in [3.05, 3.63) is 29.8 Å². The minimum Gasteiger partial charge on any atom is -0.494 e. The van der Waals surface area contributed by atoms with Crippen molar-refractivity contribution in [3.63, 3.8) is 0 Å². The molecule has 0 bridgehead atoms. The SMILES string of the molecule is CCCCCCOc1ccc(C(CC)CC2OC2CC)cc1. The normalized spacial score (nSPS) is 21.6. The van der Waals surface area contributed by atoms with E-state index in [2.05, 4.69) is 45.0 Å². The predicted molar refractivity (Wildman–Crippen MR) is 92.7 cm³/mol. The number of rotatable bonds is 11. The third-order valence-electron chi connectivity index (χ3n) is 4.72. The van der Waals surface area contributed by atoms with Crippen molar-refractivity contribution in [2.75, 3.05) is 6.61 Å². The third kappa shape index (κ3) is 5.31. The zero-order chi connectivity index (χ0) is 15.8. The van der Waals surface area contributed by atoms with E-state index >= 15 is 0 Å². The molecule has 1 saturated heterocycles. The Balaban J connectivity index is 1.77. The lowest BCUT2D eigenvalue weighted by atomic mass is 9.91. The van der Waals surface area contributed by atoms with Gasteiger partial charge in [0.15, 0.2) is 0 Å². The molecule has 1 aromatic rings. The molecule has 0 radical (unpaired) electrons. The van der Waals surface area contributed by atoms with Crippen LogP contribution in [-0.4, -0.2) is 18.8 Å². The van der Waals surface area contributed by atoms with Gasteiger partial charge in [0.25, 0.3) is 0 Å². The van der Waals surface area contributed by atoms with Crippen LogP contribution in [0, 0.1) is 0 Å². The van der Waals surface area contributed by atoms with Gasteiger partial charge in [0.05, 0.1) is 18.8 Å². The predicted octanol–water partition coefficient (Wildman–Crippen LogP) is 5.71. The van der Waals surface area contributed by atoms with Crippen molar-refractivity contribution in [1.29, 1.82) is 0 Å². The van der Waals surface area contributed by atoms with Crippen LogP contribution >= 0.6 is 0 Å². The highest BCUT2D eigenvalue weighted by Gasteiger charge is 2.38. The van der Waals surface area contributed by atoms with Crippen LogP contribution in [0.5, 0.6) is 5.75 Å². The van der Waals surface area contributed by atoms with Gasteiger partial charge in [-0.2, -0.15) is 0 Å². The van der Waals surface area contributed by atoms with Gasteiger partial charge in [-0.25, -0.2) is 0 Å². The number of ether oxygens (including phenoxy) is 2. The summed E-state index contributed by atoms with van der Waals surface area (Å²) in [6, 6.07) is 8.73. The Bertz CT molecular complexity index is 412. The van der Waals surface area contributed by atoms with Gasteiger partial charge in [-0.15, -0.1) is 0 Å². The molecule has 1 aliphatic rings. The molecule has 0 aromatic heterocycles. The summed E-state index contributed by atoms with van der Waals surface area (Å²) in [7, 11) is 0. The molecule has 0 N–H and O–H groups in total. The highest BCUT2D eigenvalue weighted by molar-refractivity contribution is 5.29. The molecule has 3 atom stereocenters. The first-order chi connectivity index (χ1) is 10.8. The van der Waals surface area contributed by atoms with Crippen LogP contribution in [0.1, 0.15) is 77.2 Å².